The Morgan fingerprint density at radius 1 is 1.35 bits per heavy atom. The molecule has 0 radical (unpaired) electrons. The molecule has 4 aromatic rings. The highest BCUT2D eigenvalue weighted by atomic mass is 35.5. The molecule has 0 saturated carbocycles. The average molecular weight is 538 g/mol. The Morgan fingerprint density at radius 3 is 2.97 bits per heavy atom. The summed E-state index contributed by atoms with van der Waals surface area (Å²) in [6.07, 6.45) is 1.03. The van der Waals surface area contributed by atoms with Crippen molar-refractivity contribution in [3.8, 4) is 17.2 Å². The van der Waals surface area contributed by atoms with Gasteiger partial charge in [-0.25, -0.2) is 13.4 Å². The number of sulfonamides is 1. The predicted molar refractivity (Wildman–Crippen MR) is 133 cm³/mol. The lowest BCUT2D eigenvalue weighted by atomic mass is 10.2. The van der Waals surface area contributed by atoms with Crippen LogP contribution < -0.4 is 10.1 Å². The number of nitrogens with zero attached hydrogens (tertiary/aromatic N) is 2. The van der Waals surface area contributed by atoms with E-state index in [1.807, 2.05) is 31.2 Å². The van der Waals surface area contributed by atoms with Crippen LogP contribution in [0.1, 0.15) is 19.8 Å². The summed E-state index contributed by atoms with van der Waals surface area (Å²) in [7, 11) is -3.80. The Bertz CT molecular complexity index is 1460. The lowest BCUT2D eigenvalue weighted by Crippen LogP contribution is -2.42. The second kappa shape index (κ2) is 9.31. The van der Waals surface area contributed by atoms with Gasteiger partial charge in [0.1, 0.15) is 15.9 Å². The highest BCUT2D eigenvalue weighted by Gasteiger charge is 2.40. The molecule has 8 nitrogen and oxygen atoms in total. The molecule has 1 N–H and O–H groups in total. The van der Waals surface area contributed by atoms with E-state index in [-0.39, 0.29) is 10.8 Å². The van der Waals surface area contributed by atoms with E-state index in [0.717, 1.165) is 16.7 Å². The van der Waals surface area contributed by atoms with Gasteiger partial charge in [0.15, 0.2) is 22.2 Å². The Morgan fingerprint density at radius 2 is 2.21 bits per heavy atom. The number of fused-ring (bicyclic) bond motifs is 1. The number of para-hydroxylation sites is 1. The van der Waals surface area contributed by atoms with E-state index in [1.165, 1.54) is 27.8 Å². The molecule has 3 aromatic heterocycles. The molecule has 178 valence electrons. The van der Waals surface area contributed by atoms with Crippen molar-refractivity contribution in [1.82, 2.24) is 9.29 Å². The van der Waals surface area contributed by atoms with Crippen molar-refractivity contribution in [1.29, 1.82) is 0 Å². The summed E-state index contributed by atoms with van der Waals surface area (Å²) in [6, 6.07) is 9.73. The van der Waals surface area contributed by atoms with Crippen LogP contribution in [0.2, 0.25) is 4.34 Å². The molecule has 4 heterocycles. The number of hydrogen-bond acceptors (Lipinski definition) is 8. The molecule has 34 heavy (non-hydrogen) atoms. The van der Waals surface area contributed by atoms with Crippen molar-refractivity contribution in [3.05, 3.63) is 46.1 Å². The highest BCUT2D eigenvalue weighted by Crippen LogP contribution is 2.36. The lowest BCUT2D eigenvalue weighted by molar-refractivity contribution is -0.119. The molecule has 0 unspecified atom stereocenters. The molecule has 5 rings (SSSR count). The number of benzene rings is 1. The summed E-state index contributed by atoms with van der Waals surface area (Å²) in [4.78, 5) is 17.5. The Kier molecular flexibility index (Phi) is 6.38. The maximum absolute atomic E-state index is 13.0. The van der Waals surface area contributed by atoms with Crippen LogP contribution in [-0.4, -0.2) is 42.8 Å². The second-order valence-electron chi connectivity index (χ2n) is 7.58. The quantitative estimate of drug-likeness (QED) is 0.336. The van der Waals surface area contributed by atoms with Gasteiger partial charge in [0.05, 0.1) is 10.9 Å². The summed E-state index contributed by atoms with van der Waals surface area (Å²) in [5, 5.41) is 5.81. The number of ether oxygens (including phenoxy) is 1. The smallest absolute Gasteiger partial charge is 0.253 e. The zero-order chi connectivity index (χ0) is 23.9. The van der Waals surface area contributed by atoms with Gasteiger partial charge in [0, 0.05) is 17.3 Å². The largest absolute Gasteiger partial charge is 0.490 e. The van der Waals surface area contributed by atoms with Crippen LogP contribution in [-0.2, 0) is 14.8 Å². The van der Waals surface area contributed by atoms with E-state index in [0.29, 0.717) is 51.7 Å². The molecule has 1 atom stereocenters. The molecular weight excluding hydrogens is 518 g/mol. The third kappa shape index (κ3) is 4.34. The SMILES string of the molecule is CCOc1cccc2cc(-c3csc(NC(=O)[C@@H]4CCCN4S(=O)(=O)c4ccc(Cl)s4)n3)oc12. The fourth-order valence-electron chi connectivity index (χ4n) is 3.91. The second-order valence-corrected chi connectivity index (χ2v) is 12.3. The van der Waals surface area contributed by atoms with Gasteiger partial charge in [0.2, 0.25) is 5.91 Å². The molecule has 1 fully saturated rings. The van der Waals surface area contributed by atoms with Gasteiger partial charge in [-0.2, -0.15) is 4.31 Å². The lowest BCUT2D eigenvalue weighted by Gasteiger charge is -2.22. The average Bonchev–Trinajstić information content (AvgIpc) is 3.59. The minimum Gasteiger partial charge on any atom is -0.490 e. The zero-order valence-electron chi connectivity index (χ0n) is 18.0. The van der Waals surface area contributed by atoms with Crippen LogP contribution in [0.15, 0.2) is 50.4 Å². The number of thiophene rings is 1. The molecule has 1 aliphatic rings. The standard InChI is InChI=1S/C22H20ClN3O5S3/c1-2-30-16-7-3-5-13-11-17(31-20(13)16)14-12-32-22(24-14)25-21(27)15-6-4-10-26(15)34(28,29)19-9-8-18(23)33-19/h3,5,7-9,11-12,15H,2,4,6,10H2,1H3,(H,24,25,27)/t15-/m0/s1. The fourth-order valence-corrected chi connectivity index (χ4v) is 7.88. The van der Waals surface area contributed by atoms with E-state index in [2.05, 4.69) is 10.3 Å². The van der Waals surface area contributed by atoms with Crippen LogP contribution in [0.4, 0.5) is 5.13 Å². The van der Waals surface area contributed by atoms with Crippen molar-refractivity contribution in [2.45, 2.75) is 30.0 Å². The molecular formula is C22H20ClN3O5S3. The predicted octanol–water partition coefficient (Wildman–Crippen LogP) is 5.46. The fraction of sp³-hybridized carbons (Fsp3) is 0.273. The molecule has 1 saturated heterocycles. The first-order chi connectivity index (χ1) is 16.4. The summed E-state index contributed by atoms with van der Waals surface area (Å²) < 4.78 is 39.4. The first-order valence-corrected chi connectivity index (χ1v) is 14.1. The molecule has 0 spiro atoms. The van der Waals surface area contributed by atoms with Crippen molar-refractivity contribution in [2.75, 3.05) is 18.5 Å². The Balaban J connectivity index is 1.34. The summed E-state index contributed by atoms with van der Waals surface area (Å²) >= 11 is 8.14. The van der Waals surface area contributed by atoms with E-state index in [9.17, 15) is 13.2 Å². The number of hydrogen-bond donors (Lipinski definition) is 1. The first-order valence-electron chi connectivity index (χ1n) is 10.6. The Labute approximate surface area is 209 Å². The van der Waals surface area contributed by atoms with Gasteiger partial charge in [-0.05, 0) is 44.0 Å². The van der Waals surface area contributed by atoms with Gasteiger partial charge in [-0.15, -0.1) is 22.7 Å². The molecule has 12 heteroatoms. The summed E-state index contributed by atoms with van der Waals surface area (Å²) in [5.74, 6) is 0.802. The maximum atomic E-state index is 13.0. The minimum atomic E-state index is -3.80. The van der Waals surface area contributed by atoms with E-state index < -0.39 is 22.0 Å². The number of nitrogens with one attached hydrogen (secondary N) is 1. The van der Waals surface area contributed by atoms with Crippen molar-refractivity contribution in [2.24, 2.45) is 0 Å². The molecule has 1 amide bonds. The minimum absolute atomic E-state index is 0.130. The van der Waals surface area contributed by atoms with Gasteiger partial charge >= 0.3 is 0 Å². The van der Waals surface area contributed by atoms with Gasteiger partial charge in [-0.1, -0.05) is 23.7 Å². The number of amides is 1. The number of aromatic nitrogens is 1. The van der Waals surface area contributed by atoms with Crippen LogP contribution in [0.3, 0.4) is 0 Å². The van der Waals surface area contributed by atoms with Crippen molar-refractivity contribution < 1.29 is 22.4 Å². The normalized spacial score (nSPS) is 16.8. The number of anilines is 1. The van der Waals surface area contributed by atoms with Crippen molar-refractivity contribution in [3.63, 3.8) is 0 Å². The van der Waals surface area contributed by atoms with Crippen LogP contribution >= 0.6 is 34.3 Å². The highest BCUT2D eigenvalue weighted by molar-refractivity contribution is 7.91. The van der Waals surface area contributed by atoms with E-state index >= 15 is 0 Å². The molecule has 1 aliphatic heterocycles. The zero-order valence-corrected chi connectivity index (χ0v) is 21.2. The first kappa shape index (κ1) is 23.3. The van der Waals surface area contributed by atoms with Gasteiger partial charge in [-0.3, -0.25) is 4.79 Å². The number of halogens is 1. The number of rotatable bonds is 7. The molecule has 1 aromatic carbocycles. The molecule has 0 bridgehead atoms. The van der Waals surface area contributed by atoms with Crippen molar-refractivity contribution >= 4 is 66.3 Å². The topological polar surface area (TPSA) is 102 Å². The van der Waals surface area contributed by atoms with Gasteiger partial charge in [0.25, 0.3) is 10.0 Å². The third-order valence-electron chi connectivity index (χ3n) is 5.41. The number of carbonyl (C=O) groups is 1. The van der Waals surface area contributed by atoms with Crippen LogP contribution in [0.5, 0.6) is 5.75 Å². The van der Waals surface area contributed by atoms with E-state index in [4.69, 9.17) is 20.8 Å². The van der Waals surface area contributed by atoms with Crippen LogP contribution in [0.25, 0.3) is 22.4 Å². The number of furan rings is 1. The third-order valence-corrected chi connectivity index (χ3v) is 9.78. The van der Waals surface area contributed by atoms with Crippen LogP contribution in [0, 0.1) is 0 Å². The number of carbonyl (C=O) groups excluding carboxylic acids is 1. The summed E-state index contributed by atoms with van der Waals surface area (Å²) in [6.45, 7) is 2.71. The number of thiazole rings is 1. The summed E-state index contributed by atoms with van der Waals surface area (Å²) in [5.41, 5.74) is 1.21. The maximum Gasteiger partial charge on any atom is 0.253 e. The van der Waals surface area contributed by atoms with Gasteiger partial charge < -0.3 is 14.5 Å². The molecule has 0 aliphatic carbocycles. The van der Waals surface area contributed by atoms with E-state index in [1.54, 1.807) is 5.38 Å². The Hall–Kier alpha value is -2.44. The monoisotopic (exact) mass is 537 g/mol.